The summed E-state index contributed by atoms with van der Waals surface area (Å²) in [6.45, 7) is 3.48. The first-order chi connectivity index (χ1) is 11.6. The number of hydrogen-bond donors (Lipinski definition) is 2. The molecule has 2 aromatic rings. The summed E-state index contributed by atoms with van der Waals surface area (Å²) in [4.78, 5) is 23.3. The van der Waals surface area contributed by atoms with Crippen LogP contribution in [-0.2, 0) is 4.79 Å². The van der Waals surface area contributed by atoms with Crippen LogP contribution in [0.3, 0.4) is 0 Å². The van der Waals surface area contributed by atoms with E-state index in [0.29, 0.717) is 5.82 Å². The van der Waals surface area contributed by atoms with E-state index in [1.165, 1.54) is 6.42 Å². The largest absolute Gasteiger partial charge is 0.368 e. The number of nitrogens with one attached hydrogen (secondary N) is 1. The van der Waals surface area contributed by atoms with Crippen molar-refractivity contribution in [1.82, 2.24) is 14.9 Å². The van der Waals surface area contributed by atoms with Crippen molar-refractivity contribution in [1.29, 1.82) is 0 Å². The molecule has 6 heteroatoms. The van der Waals surface area contributed by atoms with E-state index in [2.05, 4.69) is 15.3 Å². The van der Waals surface area contributed by atoms with Gasteiger partial charge in [-0.05, 0) is 31.7 Å². The molecule has 6 nitrogen and oxygen atoms in total. The Bertz CT molecular complexity index is 678. The van der Waals surface area contributed by atoms with Gasteiger partial charge in [0.05, 0.1) is 0 Å². The predicted molar refractivity (Wildman–Crippen MR) is 94.4 cm³/mol. The van der Waals surface area contributed by atoms with Gasteiger partial charge in [-0.3, -0.25) is 4.79 Å². The van der Waals surface area contributed by atoms with Crippen LogP contribution >= 0.6 is 0 Å². The van der Waals surface area contributed by atoms with Gasteiger partial charge in [-0.1, -0.05) is 30.3 Å². The van der Waals surface area contributed by atoms with E-state index in [-0.39, 0.29) is 11.9 Å². The van der Waals surface area contributed by atoms with Crippen molar-refractivity contribution in [2.45, 2.75) is 32.2 Å². The predicted octanol–water partition coefficient (Wildman–Crippen LogP) is 2.53. The Hall–Kier alpha value is -2.63. The summed E-state index contributed by atoms with van der Waals surface area (Å²) < 4.78 is 0. The van der Waals surface area contributed by atoms with E-state index in [1.54, 1.807) is 6.07 Å². The number of nitrogen functional groups attached to an aromatic ring is 1. The minimum absolute atomic E-state index is 0.0794. The molecule has 126 valence electrons. The van der Waals surface area contributed by atoms with E-state index in [9.17, 15) is 4.79 Å². The Morgan fingerprint density at radius 3 is 2.54 bits per heavy atom. The minimum atomic E-state index is -0.474. The fourth-order valence-electron chi connectivity index (χ4n) is 3.04. The molecule has 0 radical (unpaired) electrons. The molecule has 24 heavy (non-hydrogen) atoms. The van der Waals surface area contributed by atoms with E-state index < -0.39 is 6.04 Å². The highest BCUT2D eigenvalue weighted by Crippen LogP contribution is 2.23. The first-order valence-corrected chi connectivity index (χ1v) is 8.35. The molecule has 1 fully saturated rings. The Kier molecular flexibility index (Phi) is 4.93. The number of anilines is 2. The number of hydrogen-bond acceptors (Lipinski definition) is 5. The Morgan fingerprint density at radius 2 is 1.88 bits per heavy atom. The number of amides is 1. The Balaban J connectivity index is 1.88. The molecule has 0 spiro atoms. The molecule has 0 unspecified atom stereocenters. The number of aryl methyl sites for hydroxylation is 1. The monoisotopic (exact) mass is 325 g/mol. The highest BCUT2D eigenvalue weighted by atomic mass is 16.2. The summed E-state index contributed by atoms with van der Waals surface area (Å²) in [5.74, 6) is 0.852. The zero-order valence-electron chi connectivity index (χ0n) is 13.9. The van der Waals surface area contributed by atoms with Gasteiger partial charge >= 0.3 is 0 Å². The lowest BCUT2D eigenvalue weighted by atomic mass is 10.0. The van der Waals surface area contributed by atoms with Gasteiger partial charge < -0.3 is 16.0 Å². The molecular formula is C18H23N5O. The number of likely N-dealkylation sites (tertiary alicyclic amines) is 1. The van der Waals surface area contributed by atoms with Crippen LogP contribution in [0.2, 0.25) is 0 Å². The zero-order chi connectivity index (χ0) is 16.9. The number of benzene rings is 1. The van der Waals surface area contributed by atoms with Crippen molar-refractivity contribution in [3.63, 3.8) is 0 Å². The first-order valence-electron chi connectivity index (χ1n) is 8.35. The number of carbonyl (C=O) groups is 1. The van der Waals surface area contributed by atoms with Crippen LogP contribution in [-0.4, -0.2) is 33.9 Å². The summed E-state index contributed by atoms with van der Waals surface area (Å²) in [5, 5.41) is 3.25. The molecule has 1 atom stereocenters. The molecule has 1 aliphatic heterocycles. The number of nitrogens with two attached hydrogens (primary N) is 1. The molecular weight excluding hydrogens is 302 g/mol. The van der Waals surface area contributed by atoms with Crippen LogP contribution in [0.5, 0.6) is 0 Å². The molecule has 1 amide bonds. The van der Waals surface area contributed by atoms with Gasteiger partial charge in [-0.2, -0.15) is 4.98 Å². The van der Waals surface area contributed by atoms with Gasteiger partial charge in [0.1, 0.15) is 11.9 Å². The van der Waals surface area contributed by atoms with Crippen molar-refractivity contribution in [3.05, 3.63) is 47.7 Å². The van der Waals surface area contributed by atoms with Crippen LogP contribution in [0, 0.1) is 6.92 Å². The maximum absolute atomic E-state index is 13.1. The van der Waals surface area contributed by atoms with Crippen molar-refractivity contribution in [2.24, 2.45) is 0 Å². The molecule has 0 saturated carbocycles. The molecule has 1 aliphatic rings. The topological polar surface area (TPSA) is 84.1 Å². The second-order valence-electron chi connectivity index (χ2n) is 6.13. The lowest BCUT2D eigenvalue weighted by molar-refractivity contribution is -0.133. The molecule has 1 aromatic carbocycles. The lowest BCUT2D eigenvalue weighted by Gasteiger charge is -2.31. The molecule has 0 aliphatic carbocycles. The molecule has 0 bridgehead atoms. The molecule has 3 N–H and O–H groups in total. The van der Waals surface area contributed by atoms with Crippen LogP contribution < -0.4 is 11.1 Å². The quantitative estimate of drug-likeness (QED) is 0.902. The van der Waals surface area contributed by atoms with Gasteiger partial charge in [0.25, 0.3) is 0 Å². The molecule has 1 aromatic heterocycles. The van der Waals surface area contributed by atoms with Gasteiger partial charge in [-0.25, -0.2) is 4.98 Å². The van der Waals surface area contributed by atoms with Crippen LogP contribution in [0.25, 0.3) is 0 Å². The van der Waals surface area contributed by atoms with Crippen molar-refractivity contribution in [3.8, 4) is 0 Å². The van der Waals surface area contributed by atoms with Gasteiger partial charge in [-0.15, -0.1) is 0 Å². The molecule has 2 heterocycles. The average molecular weight is 325 g/mol. The normalized spacial score (nSPS) is 15.8. The number of nitrogens with zero attached hydrogens (tertiary/aromatic N) is 3. The average Bonchev–Trinajstić information content (AvgIpc) is 2.60. The second kappa shape index (κ2) is 7.29. The summed E-state index contributed by atoms with van der Waals surface area (Å²) in [6, 6.07) is 11.1. The highest BCUT2D eigenvalue weighted by molar-refractivity contribution is 5.86. The van der Waals surface area contributed by atoms with E-state index in [4.69, 9.17) is 5.73 Å². The first kappa shape index (κ1) is 16.2. The van der Waals surface area contributed by atoms with Gasteiger partial charge in [0, 0.05) is 24.8 Å². The van der Waals surface area contributed by atoms with E-state index >= 15 is 0 Å². The molecule has 1 saturated heterocycles. The fourth-order valence-corrected chi connectivity index (χ4v) is 3.04. The minimum Gasteiger partial charge on any atom is -0.368 e. The second-order valence-corrected chi connectivity index (χ2v) is 6.13. The smallest absolute Gasteiger partial charge is 0.249 e. The van der Waals surface area contributed by atoms with Crippen LogP contribution in [0.1, 0.15) is 36.6 Å². The third-order valence-corrected chi connectivity index (χ3v) is 4.21. The highest BCUT2D eigenvalue weighted by Gasteiger charge is 2.27. The third kappa shape index (κ3) is 3.82. The Labute approximate surface area is 142 Å². The third-order valence-electron chi connectivity index (χ3n) is 4.21. The summed E-state index contributed by atoms with van der Waals surface area (Å²) in [5.41, 5.74) is 7.42. The fraction of sp³-hybridized carbons (Fsp3) is 0.389. The standard InChI is InChI=1S/C18H23N5O/c1-13-12-15(22-18(19)20-13)21-16(14-8-4-2-5-9-14)17(24)23-10-6-3-7-11-23/h2,4-5,8-9,12,16H,3,6-7,10-11H2,1H3,(H3,19,20,21,22)/t16-/m0/s1. The van der Waals surface area contributed by atoms with Crippen molar-refractivity contribution >= 4 is 17.7 Å². The van der Waals surface area contributed by atoms with Crippen LogP contribution in [0.4, 0.5) is 11.8 Å². The van der Waals surface area contributed by atoms with Gasteiger partial charge in [0.2, 0.25) is 11.9 Å². The van der Waals surface area contributed by atoms with E-state index in [1.807, 2.05) is 42.2 Å². The van der Waals surface area contributed by atoms with Gasteiger partial charge in [0.15, 0.2) is 0 Å². The molecule has 3 rings (SSSR count). The number of piperidine rings is 1. The number of rotatable bonds is 4. The van der Waals surface area contributed by atoms with E-state index in [0.717, 1.165) is 37.2 Å². The zero-order valence-corrected chi connectivity index (χ0v) is 13.9. The van der Waals surface area contributed by atoms with Crippen molar-refractivity contribution < 1.29 is 4.79 Å². The van der Waals surface area contributed by atoms with Crippen LogP contribution in [0.15, 0.2) is 36.4 Å². The maximum Gasteiger partial charge on any atom is 0.249 e. The van der Waals surface area contributed by atoms with Crippen molar-refractivity contribution in [2.75, 3.05) is 24.1 Å². The summed E-state index contributed by atoms with van der Waals surface area (Å²) >= 11 is 0. The lowest BCUT2D eigenvalue weighted by Crippen LogP contribution is -2.41. The number of carbonyl (C=O) groups excluding carboxylic acids is 1. The SMILES string of the molecule is Cc1cc(N[C@H](C(=O)N2CCCCC2)c2ccccc2)nc(N)n1. The summed E-state index contributed by atoms with van der Waals surface area (Å²) in [6.07, 6.45) is 3.31. The Morgan fingerprint density at radius 1 is 1.17 bits per heavy atom. The number of aromatic nitrogens is 2. The maximum atomic E-state index is 13.1. The summed E-state index contributed by atoms with van der Waals surface area (Å²) in [7, 11) is 0.